The predicted octanol–water partition coefficient (Wildman–Crippen LogP) is 2.46. The molecule has 0 spiro atoms. The van der Waals surface area contributed by atoms with Crippen LogP contribution in [0.25, 0.3) is 0 Å². The van der Waals surface area contributed by atoms with Crippen LogP contribution in [0.15, 0.2) is 52.1 Å². The van der Waals surface area contributed by atoms with Crippen molar-refractivity contribution in [2.45, 2.75) is 11.4 Å². The minimum atomic E-state index is -3.67. The van der Waals surface area contributed by atoms with Crippen molar-refractivity contribution in [3.05, 3.63) is 58.6 Å². The van der Waals surface area contributed by atoms with E-state index in [2.05, 4.69) is 25.6 Å². The normalized spacial score (nSPS) is 11.5. The van der Waals surface area contributed by atoms with Gasteiger partial charge >= 0.3 is 0 Å². The van der Waals surface area contributed by atoms with Crippen LogP contribution in [-0.2, 0) is 16.6 Å². The van der Waals surface area contributed by atoms with Crippen LogP contribution in [0, 0.1) is 5.82 Å². The van der Waals surface area contributed by atoms with Gasteiger partial charge in [0, 0.05) is 18.9 Å². The van der Waals surface area contributed by atoms with Crippen molar-refractivity contribution in [1.82, 2.24) is 9.71 Å². The highest BCUT2D eigenvalue weighted by Gasteiger charge is 2.15. The molecule has 4 nitrogen and oxygen atoms in total. The Hall–Kier alpha value is -1.31. The summed E-state index contributed by atoms with van der Waals surface area (Å²) in [6, 6.07) is 7.02. The summed E-state index contributed by atoms with van der Waals surface area (Å²) in [7, 11) is -3.67. The summed E-state index contributed by atoms with van der Waals surface area (Å²) < 4.78 is 39.6. The van der Waals surface area contributed by atoms with Crippen molar-refractivity contribution in [3.63, 3.8) is 0 Å². The summed E-state index contributed by atoms with van der Waals surface area (Å²) in [6.45, 7) is 0.130. The average Bonchev–Trinajstić information content (AvgIpc) is 2.41. The first-order valence-corrected chi connectivity index (χ1v) is 7.60. The van der Waals surface area contributed by atoms with Gasteiger partial charge in [-0.1, -0.05) is 6.07 Å². The van der Waals surface area contributed by atoms with E-state index in [0.717, 1.165) is 11.6 Å². The van der Waals surface area contributed by atoms with Gasteiger partial charge in [0.1, 0.15) is 5.82 Å². The van der Waals surface area contributed by atoms with E-state index in [1.807, 2.05) is 0 Å². The first-order chi connectivity index (χ1) is 8.99. The summed E-state index contributed by atoms with van der Waals surface area (Å²) in [4.78, 5) is 3.90. The molecule has 0 amide bonds. The van der Waals surface area contributed by atoms with E-state index >= 15 is 0 Å². The number of rotatable bonds is 4. The van der Waals surface area contributed by atoms with Crippen molar-refractivity contribution in [2.24, 2.45) is 0 Å². The molecule has 19 heavy (non-hydrogen) atoms. The lowest BCUT2D eigenvalue weighted by atomic mass is 10.3. The van der Waals surface area contributed by atoms with E-state index < -0.39 is 15.8 Å². The van der Waals surface area contributed by atoms with E-state index in [-0.39, 0.29) is 15.9 Å². The third-order valence-electron chi connectivity index (χ3n) is 2.39. The molecule has 0 atom stereocenters. The van der Waals surface area contributed by atoms with Crippen LogP contribution in [0.5, 0.6) is 0 Å². The second-order valence-corrected chi connectivity index (χ2v) is 6.38. The quantitative estimate of drug-likeness (QED) is 0.926. The molecular formula is C12H10BrFN2O2S. The Kier molecular flexibility index (Phi) is 4.28. The first kappa shape index (κ1) is 14.1. The van der Waals surface area contributed by atoms with Gasteiger partial charge in [0.05, 0.1) is 9.37 Å². The van der Waals surface area contributed by atoms with Gasteiger partial charge in [-0.05, 0) is 45.8 Å². The van der Waals surface area contributed by atoms with Crippen LogP contribution in [0.3, 0.4) is 0 Å². The first-order valence-electron chi connectivity index (χ1n) is 5.33. The smallest absolute Gasteiger partial charge is 0.240 e. The summed E-state index contributed by atoms with van der Waals surface area (Å²) in [5, 5.41) is 0. The SMILES string of the molecule is O=S(=O)(NCc1cccnc1)c1ccc(F)c(Br)c1. The average molecular weight is 345 g/mol. The van der Waals surface area contributed by atoms with Gasteiger partial charge in [0.25, 0.3) is 0 Å². The molecule has 0 bridgehead atoms. The zero-order chi connectivity index (χ0) is 13.9. The van der Waals surface area contributed by atoms with Crippen LogP contribution in [-0.4, -0.2) is 13.4 Å². The lowest BCUT2D eigenvalue weighted by Crippen LogP contribution is -2.23. The summed E-state index contributed by atoms with van der Waals surface area (Å²) in [6.07, 6.45) is 3.18. The van der Waals surface area contributed by atoms with Gasteiger partial charge in [0.15, 0.2) is 0 Å². The highest BCUT2D eigenvalue weighted by atomic mass is 79.9. The molecule has 2 aromatic rings. The molecule has 0 saturated heterocycles. The Morgan fingerprint density at radius 1 is 1.32 bits per heavy atom. The fraction of sp³-hybridized carbons (Fsp3) is 0.0833. The van der Waals surface area contributed by atoms with Crippen molar-refractivity contribution in [1.29, 1.82) is 0 Å². The molecule has 1 aromatic heterocycles. The van der Waals surface area contributed by atoms with Gasteiger partial charge in [-0.25, -0.2) is 17.5 Å². The fourth-order valence-corrected chi connectivity index (χ4v) is 2.98. The molecule has 2 rings (SSSR count). The highest BCUT2D eigenvalue weighted by Crippen LogP contribution is 2.20. The topological polar surface area (TPSA) is 59.1 Å². The fourth-order valence-electron chi connectivity index (χ4n) is 1.41. The molecule has 0 fully saturated rings. The van der Waals surface area contributed by atoms with Crippen LogP contribution in [0.1, 0.15) is 5.56 Å². The molecule has 100 valence electrons. The van der Waals surface area contributed by atoms with Gasteiger partial charge in [-0.2, -0.15) is 0 Å². The summed E-state index contributed by atoms with van der Waals surface area (Å²) in [5.74, 6) is -0.508. The molecule has 1 aromatic carbocycles. The maximum Gasteiger partial charge on any atom is 0.240 e. The molecule has 0 aliphatic rings. The van der Waals surface area contributed by atoms with Gasteiger partial charge in [-0.3, -0.25) is 4.98 Å². The Morgan fingerprint density at radius 3 is 2.74 bits per heavy atom. The number of hydrogen-bond donors (Lipinski definition) is 1. The minimum Gasteiger partial charge on any atom is -0.264 e. The molecule has 0 aliphatic carbocycles. The lowest BCUT2D eigenvalue weighted by Gasteiger charge is -2.07. The highest BCUT2D eigenvalue weighted by molar-refractivity contribution is 9.10. The van der Waals surface area contributed by atoms with Crippen LogP contribution in [0.2, 0.25) is 0 Å². The van der Waals surface area contributed by atoms with Crippen LogP contribution < -0.4 is 4.72 Å². The van der Waals surface area contributed by atoms with Crippen molar-refractivity contribution in [2.75, 3.05) is 0 Å². The number of nitrogens with zero attached hydrogens (tertiary/aromatic N) is 1. The number of aromatic nitrogens is 1. The standard InChI is InChI=1S/C12H10BrFN2O2S/c13-11-6-10(3-4-12(11)14)19(17,18)16-8-9-2-1-5-15-7-9/h1-7,16H,8H2. The molecule has 7 heteroatoms. The van der Waals surface area contributed by atoms with Gasteiger partial charge in [-0.15, -0.1) is 0 Å². The number of nitrogens with one attached hydrogen (secondary N) is 1. The molecule has 1 N–H and O–H groups in total. The minimum absolute atomic E-state index is 0.00432. The third kappa shape index (κ3) is 3.59. The maximum atomic E-state index is 13.1. The predicted molar refractivity (Wildman–Crippen MR) is 72.4 cm³/mol. The molecule has 0 aliphatic heterocycles. The number of sulfonamides is 1. The molecular weight excluding hydrogens is 335 g/mol. The van der Waals surface area contributed by atoms with Crippen molar-refractivity contribution < 1.29 is 12.8 Å². The largest absolute Gasteiger partial charge is 0.264 e. The second-order valence-electron chi connectivity index (χ2n) is 3.76. The monoisotopic (exact) mass is 344 g/mol. The van der Waals surface area contributed by atoms with E-state index in [0.29, 0.717) is 0 Å². The Balaban J connectivity index is 2.16. The Bertz CT molecular complexity index is 677. The molecule has 0 saturated carbocycles. The summed E-state index contributed by atoms with van der Waals surface area (Å²) in [5.41, 5.74) is 0.743. The van der Waals surface area contributed by atoms with Gasteiger partial charge in [0.2, 0.25) is 10.0 Å². The number of halogens is 2. The Morgan fingerprint density at radius 2 is 2.11 bits per heavy atom. The van der Waals surface area contributed by atoms with E-state index in [4.69, 9.17) is 0 Å². The molecule has 1 heterocycles. The van der Waals surface area contributed by atoms with E-state index in [9.17, 15) is 12.8 Å². The molecule has 0 radical (unpaired) electrons. The lowest BCUT2D eigenvalue weighted by molar-refractivity contribution is 0.580. The van der Waals surface area contributed by atoms with Gasteiger partial charge < -0.3 is 0 Å². The maximum absolute atomic E-state index is 13.1. The zero-order valence-corrected chi connectivity index (χ0v) is 12.1. The summed E-state index contributed by atoms with van der Waals surface area (Å²) >= 11 is 2.96. The third-order valence-corrected chi connectivity index (χ3v) is 4.40. The Labute approximate surface area is 118 Å². The number of pyridine rings is 1. The second kappa shape index (κ2) is 5.77. The van der Waals surface area contributed by atoms with E-state index in [1.54, 1.807) is 24.5 Å². The number of benzene rings is 1. The van der Waals surface area contributed by atoms with Crippen LogP contribution >= 0.6 is 15.9 Å². The molecule has 0 unspecified atom stereocenters. The van der Waals surface area contributed by atoms with Crippen molar-refractivity contribution >= 4 is 26.0 Å². The zero-order valence-electron chi connectivity index (χ0n) is 9.68. The van der Waals surface area contributed by atoms with Crippen LogP contribution in [0.4, 0.5) is 4.39 Å². The number of hydrogen-bond acceptors (Lipinski definition) is 3. The van der Waals surface area contributed by atoms with Crippen molar-refractivity contribution in [3.8, 4) is 0 Å². The van der Waals surface area contributed by atoms with E-state index in [1.165, 1.54) is 12.1 Å².